The van der Waals surface area contributed by atoms with E-state index in [1.165, 1.54) is 0 Å². The second-order valence-electron chi connectivity index (χ2n) is 8.93. The zero-order chi connectivity index (χ0) is 24.5. The number of methoxy groups -OCH3 is 1. The highest BCUT2D eigenvalue weighted by atomic mass is 16.5. The fourth-order valence-corrected chi connectivity index (χ4v) is 5.13. The van der Waals surface area contributed by atoms with Gasteiger partial charge >= 0.3 is 5.97 Å². The minimum absolute atomic E-state index is 0.00651. The van der Waals surface area contributed by atoms with Gasteiger partial charge in [0.25, 0.3) is 0 Å². The summed E-state index contributed by atoms with van der Waals surface area (Å²) in [5, 5.41) is 0. The maximum atomic E-state index is 13.7. The van der Waals surface area contributed by atoms with E-state index in [1.807, 2.05) is 41.3 Å². The van der Waals surface area contributed by atoms with Crippen molar-refractivity contribution in [1.82, 2.24) is 10.9 Å². The first-order valence-corrected chi connectivity index (χ1v) is 11.8. The van der Waals surface area contributed by atoms with Crippen molar-refractivity contribution in [3.05, 3.63) is 95.1 Å². The first-order chi connectivity index (χ1) is 17.0. The number of benzene rings is 3. The molecule has 2 fully saturated rings. The fraction of sp³-hybridized carbons (Fsp3) is 0.286. The number of fused-ring (bicyclic) bond motifs is 1. The molecule has 4 atom stereocenters. The van der Waals surface area contributed by atoms with Crippen molar-refractivity contribution in [3.8, 4) is 5.75 Å². The van der Waals surface area contributed by atoms with E-state index < -0.39 is 6.04 Å². The molecule has 7 heteroatoms. The standard InChI is InChI=1S/C28H29N3O4/c1-4-35-28(33)20-9-13-21(14-10-20)31-26(19-7-5-17(2)6-8-19)23-24(29-30-25(23)27(31)32)18-11-15-22(34-3)16-12-18/h5-16,23-26,29-30H,4H2,1-3H3. The molecule has 2 aliphatic rings. The van der Waals surface area contributed by atoms with Crippen molar-refractivity contribution in [1.29, 1.82) is 0 Å². The van der Waals surface area contributed by atoms with Crippen molar-refractivity contribution in [2.75, 3.05) is 18.6 Å². The summed E-state index contributed by atoms with van der Waals surface area (Å²) in [7, 11) is 1.65. The molecule has 0 aromatic heterocycles. The molecule has 0 bridgehead atoms. The van der Waals surface area contributed by atoms with Crippen LogP contribution in [-0.4, -0.2) is 31.6 Å². The minimum atomic E-state index is -0.391. The smallest absolute Gasteiger partial charge is 0.338 e. The lowest BCUT2D eigenvalue weighted by Crippen LogP contribution is -2.41. The molecule has 3 aromatic rings. The molecule has 5 rings (SSSR count). The topological polar surface area (TPSA) is 79.9 Å². The van der Waals surface area contributed by atoms with E-state index in [2.05, 4.69) is 42.0 Å². The number of carbonyl (C=O) groups is 2. The van der Waals surface area contributed by atoms with Gasteiger partial charge in [-0.3, -0.25) is 4.79 Å². The van der Waals surface area contributed by atoms with Gasteiger partial charge in [0.2, 0.25) is 5.91 Å². The second kappa shape index (κ2) is 9.52. The molecule has 0 saturated carbocycles. The molecule has 180 valence electrons. The third-order valence-corrected chi connectivity index (χ3v) is 6.86. The van der Waals surface area contributed by atoms with E-state index in [1.54, 1.807) is 26.2 Å². The van der Waals surface area contributed by atoms with Gasteiger partial charge in [-0.25, -0.2) is 15.6 Å². The largest absolute Gasteiger partial charge is 0.497 e. The van der Waals surface area contributed by atoms with Gasteiger partial charge in [0.1, 0.15) is 11.8 Å². The molecule has 0 radical (unpaired) electrons. The number of nitrogens with one attached hydrogen (secondary N) is 2. The van der Waals surface area contributed by atoms with Crippen molar-refractivity contribution < 1.29 is 19.1 Å². The van der Waals surface area contributed by atoms with Crippen molar-refractivity contribution in [2.45, 2.75) is 32.0 Å². The Balaban J connectivity index is 1.55. The van der Waals surface area contributed by atoms with Gasteiger partial charge in [-0.2, -0.15) is 0 Å². The van der Waals surface area contributed by atoms with Gasteiger partial charge in [-0.15, -0.1) is 0 Å². The van der Waals surface area contributed by atoms with Crippen LogP contribution in [0.5, 0.6) is 5.75 Å². The molecule has 35 heavy (non-hydrogen) atoms. The summed E-state index contributed by atoms with van der Waals surface area (Å²) >= 11 is 0. The number of esters is 1. The minimum Gasteiger partial charge on any atom is -0.497 e. The summed E-state index contributed by atoms with van der Waals surface area (Å²) in [5.74, 6) is 0.359. The number of ether oxygens (including phenoxy) is 2. The molecule has 3 aromatic carbocycles. The van der Waals surface area contributed by atoms with Crippen LogP contribution in [0.3, 0.4) is 0 Å². The van der Waals surface area contributed by atoms with Gasteiger partial charge in [-0.1, -0.05) is 42.0 Å². The van der Waals surface area contributed by atoms with E-state index in [0.29, 0.717) is 12.2 Å². The van der Waals surface area contributed by atoms with Crippen LogP contribution in [0.4, 0.5) is 5.69 Å². The number of amides is 1. The number of nitrogens with zero attached hydrogens (tertiary/aromatic N) is 1. The monoisotopic (exact) mass is 471 g/mol. The summed E-state index contributed by atoms with van der Waals surface area (Å²) in [6.07, 6.45) is 0. The van der Waals surface area contributed by atoms with E-state index in [4.69, 9.17) is 9.47 Å². The number of hydrazine groups is 1. The molecule has 2 heterocycles. The van der Waals surface area contributed by atoms with Crippen molar-refractivity contribution >= 4 is 17.6 Å². The Labute approximate surface area is 205 Å². The van der Waals surface area contributed by atoms with Gasteiger partial charge < -0.3 is 14.4 Å². The maximum absolute atomic E-state index is 13.7. The van der Waals surface area contributed by atoms with E-state index in [0.717, 1.165) is 28.1 Å². The quantitative estimate of drug-likeness (QED) is 0.527. The summed E-state index contributed by atoms with van der Waals surface area (Å²) in [6.45, 7) is 4.15. The zero-order valence-corrected chi connectivity index (χ0v) is 20.0. The number of carbonyl (C=O) groups excluding carboxylic acids is 2. The van der Waals surface area contributed by atoms with Crippen molar-refractivity contribution in [2.24, 2.45) is 5.92 Å². The lowest BCUT2D eigenvalue weighted by molar-refractivity contribution is -0.119. The van der Waals surface area contributed by atoms with Gasteiger partial charge in [0.05, 0.1) is 31.4 Å². The van der Waals surface area contributed by atoms with E-state index >= 15 is 0 Å². The number of hydrogen-bond acceptors (Lipinski definition) is 6. The average Bonchev–Trinajstić information content (AvgIpc) is 3.44. The first kappa shape index (κ1) is 23.1. The first-order valence-electron chi connectivity index (χ1n) is 11.8. The third kappa shape index (κ3) is 4.17. The third-order valence-electron chi connectivity index (χ3n) is 6.86. The Morgan fingerprint density at radius 3 is 2.14 bits per heavy atom. The number of hydrogen-bond donors (Lipinski definition) is 2. The van der Waals surface area contributed by atoms with Gasteiger partial charge in [-0.05, 0) is 61.4 Å². The van der Waals surface area contributed by atoms with Crippen LogP contribution in [0.15, 0.2) is 72.8 Å². The van der Waals surface area contributed by atoms with Crippen LogP contribution in [-0.2, 0) is 9.53 Å². The van der Waals surface area contributed by atoms with Crippen LogP contribution in [0.2, 0.25) is 0 Å². The van der Waals surface area contributed by atoms with Crippen LogP contribution < -0.4 is 20.5 Å². The predicted molar refractivity (Wildman–Crippen MR) is 133 cm³/mol. The highest BCUT2D eigenvalue weighted by Gasteiger charge is 2.55. The summed E-state index contributed by atoms with van der Waals surface area (Å²) in [5.41, 5.74) is 11.1. The second-order valence-corrected chi connectivity index (χ2v) is 8.93. The molecule has 4 unspecified atom stereocenters. The molecule has 1 amide bonds. The molecular formula is C28H29N3O4. The van der Waals surface area contributed by atoms with Crippen LogP contribution in [0, 0.1) is 12.8 Å². The molecule has 2 N–H and O–H groups in total. The summed E-state index contributed by atoms with van der Waals surface area (Å²) in [4.78, 5) is 27.7. The Morgan fingerprint density at radius 1 is 0.886 bits per heavy atom. The predicted octanol–water partition coefficient (Wildman–Crippen LogP) is 4.10. The number of rotatable bonds is 6. The van der Waals surface area contributed by atoms with Crippen LogP contribution in [0.25, 0.3) is 0 Å². The van der Waals surface area contributed by atoms with E-state index in [9.17, 15) is 9.59 Å². The Kier molecular flexibility index (Phi) is 6.28. The normalized spacial score (nSPS) is 23.3. The lowest BCUT2D eigenvalue weighted by atomic mass is 9.83. The fourth-order valence-electron chi connectivity index (χ4n) is 5.13. The molecule has 2 aliphatic heterocycles. The Morgan fingerprint density at radius 2 is 1.51 bits per heavy atom. The van der Waals surface area contributed by atoms with Gasteiger partial charge in [0.15, 0.2) is 0 Å². The Hall–Kier alpha value is -3.68. The summed E-state index contributed by atoms with van der Waals surface area (Å²) < 4.78 is 10.4. The highest BCUT2D eigenvalue weighted by Crippen LogP contribution is 2.49. The molecule has 7 nitrogen and oxygen atoms in total. The van der Waals surface area contributed by atoms with Crippen LogP contribution in [0.1, 0.15) is 46.1 Å². The molecule has 0 spiro atoms. The maximum Gasteiger partial charge on any atom is 0.338 e. The van der Waals surface area contributed by atoms with Crippen molar-refractivity contribution in [3.63, 3.8) is 0 Å². The zero-order valence-electron chi connectivity index (χ0n) is 20.0. The number of anilines is 1. The molecule has 0 aliphatic carbocycles. The number of aryl methyl sites for hydroxylation is 1. The SMILES string of the molecule is CCOC(=O)c1ccc(N2C(=O)C3NNC(c4ccc(OC)cc4)C3C2c2ccc(C)cc2)cc1. The molecule has 2 saturated heterocycles. The Bertz CT molecular complexity index is 1210. The molecular weight excluding hydrogens is 442 g/mol. The van der Waals surface area contributed by atoms with Crippen LogP contribution >= 0.6 is 0 Å². The van der Waals surface area contributed by atoms with E-state index in [-0.39, 0.29) is 29.9 Å². The lowest BCUT2D eigenvalue weighted by Gasteiger charge is -2.31. The average molecular weight is 472 g/mol. The van der Waals surface area contributed by atoms with Gasteiger partial charge in [0, 0.05) is 11.6 Å². The highest BCUT2D eigenvalue weighted by molar-refractivity contribution is 6.02. The summed E-state index contributed by atoms with van der Waals surface area (Å²) in [6, 6.07) is 22.7.